The Balaban J connectivity index is 1.87. The van der Waals surface area contributed by atoms with E-state index in [1.807, 2.05) is 41.7 Å². The molecule has 0 atom stereocenters. The van der Waals surface area contributed by atoms with Gasteiger partial charge in [0.1, 0.15) is 0 Å². The van der Waals surface area contributed by atoms with E-state index in [0.29, 0.717) is 21.4 Å². The van der Waals surface area contributed by atoms with Gasteiger partial charge in [-0.2, -0.15) is 0 Å². The van der Waals surface area contributed by atoms with E-state index in [1.54, 1.807) is 19.9 Å². The zero-order chi connectivity index (χ0) is 19.6. The average Bonchev–Trinajstić information content (AvgIpc) is 3.18. The molecule has 2 aromatic carbocycles. The van der Waals surface area contributed by atoms with Crippen molar-refractivity contribution >= 4 is 45.1 Å². The average molecular weight is 423 g/mol. The number of rotatable bonds is 5. The zero-order valence-corrected chi connectivity index (χ0v) is 17.9. The van der Waals surface area contributed by atoms with Crippen molar-refractivity contribution in [2.75, 3.05) is 23.9 Å². The van der Waals surface area contributed by atoms with E-state index >= 15 is 0 Å². The first-order valence-corrected chi connectivity index (χ1v) is 12.1. The van der Waals surface area contributed by atoms with Crippen LogP contribution in [0.25, 0.3) is 0 Å². The summed E-state index contributed by atoms with van der Waals surface area (Å²) in [6, 6.07) is 11.0. The molecule has 1 amide bonds. The third kappa shape index (κ3) is 4.51. The van der Waals surface area contributed by atoms with E-state index in [2.05, 4.69) is 16.1 Å². The first kappa shape index (κ1) is 20.3. The van der Waals surface area contributed by atoms with E-state index < -0.39 is 10.0 Å². The number of thioether (sulfide) groups is 2. The van der Waals surface area contributed by atoms with Gasteiger partial charge in [-0.25, -0.2) is 13.1 Å². The van der Waals surface area contributed by atoms with Crippen molar-refractivity contribution in [3.8, 4) is 0 Å². The molecule has 0 aromatic heterocycles. The quantitative estimate of drug-likeness (QED) is 0.763. The number of hydrogen-bond donors (Lipinski definition) is 2. The molecular weight excluding hydrogens is 400 g/mol. The number of sulfonamides is 1. The van der Waals surface area contributed by atoms with Crippen LogP contribution in [0.2, 0.25) is 0 Å². The second-order valence-corrected chi connectivity index (χ2v) is 10.9. The van der Waals surface area contributed by atoms with Crippen LogP contribution < -0.4 is 10.0 Å². The number of benzene rings is 2. The van der Waals surface area contributed by atoms with Gasteiger partial charge in [0.25, 0.3) is 5.91 Å². The molecule has 2 N–H and O–H groups in total. The minimum atomic E-state index is -3.63. The van der Waals surface area contributed by atoms with E-state index in [0.717, 1.165) is 17.1 Å². The van der Waals surface area contributed by atoms with Crippen LogP contribution in [0.4, 0.5) is 5.69 Å². The van der Waals surface area contributed by atoms with Crippen molar-refractivity contribution < 1.29 is 13.2 Å². The van der Waals surface area contributed by atoms with Gasteiger partial charge in [-0.3, -0.25) is 4.79 Å². The molecule has 0 saturated carbocycles. The fourth-order valence-electron chi connectivity index (χ4n) is 2.86. The van der Waals surface area contributed by atoms with Crippen molar-refractivity contribution in [3.63, 3.8) is 0 Å². The Morgan fingerprint density at radius 3 is 2.48 bits per heavy atom. The van der Waals surface area contributed by atoms with Gasteiger partial charge in [0.05, 0.1) is 9.48 Å². The number of amides is 1. The summed E-state index contributed by atoms with van der Waals surface area (Å²) in [7, 11) is -2.27. The van der Waals surface area contributed by atoms with Gasteiger partial charge in [-0.15, -0.1) is 23.5 Å². The Bertz CT molecular complexity index is 968. The van der Waals surface area contributed by atoms with Crippen molar-refractivity contribution in [3.05, 3.63) is 58.7 Å². The molecule has 3 rings (SSSR count). The maximum atomic E-state index is 12.7. The first-order valence-electron chi connectivity index (χ1n) is 8.51. The SMILES string of the molecule is CNS(=O)(=O)c1cc(C(=O)Nc2cccc(C3SCCS3)c2)cc(C)c1C. The van der Waals surface area contributed by atoms with Crippen LogP contribution in [-0.4, -0.2) is 32.9 Å². The summed E-state index contributed by atoms with van der Waals surface area (Å²) in [5, 5.41) is 2.89. The van der Waals surface area contributed by atoms with Crippen molar-refractivity contribution in [1.29, 1.82) is 0 Å². The molecular formula is C19H22N2O3S3. The second kappa shape index (κ2) is 8.26. The fourth-order valence-corrected chi connectivity index (χ4v) is 6.77. The number of anilines is 1. The van der Waals surface area contributed by atoms with Gasteiger partial charge in [0.2, 0.25) is 10.0 Å². The molecule has 8 heteroatoms. The van der Waals surface area contributed by atoms with Gasteiger partial charge in [-0.1, -0.05) is 12.1 Å². The third-order valence-corrected chi connectivity index (χ3v) is 9.12. The van der Waals surface area contributed by atoms with E-state index in [9.17, 15) is 13.2 Å². The summed E-state index contributed by atoms with van der Waals surface area (Å²) in [6.07, 6.45) is 0. The molecule has 1 heterocycles. The van der Waals surface area contributed by atoms with Gasteiger partial charge < -0.3 is 5.32 Å². The van der Waals surface area contributed by atoms with E-state index in [4.69, 9.17) is 0 Å². The Kier molecular flexibility index (Phi) is 6.20. The molecule has 1 aliphatic rings. The summed E-state index contributed by atoms with van der Waals surface area (Å²) >= 11 is 3.81. The monoisotopic (exact) mass is 422 g/mol. The van der Waals surface area contributed by atoms with E-state index in [-0.39, 0.29) is 10.8 Å². The lowest BCUT2D eigenvalue weighted by molar-refractivity contribution is 0.102. The molecule has 0 unspecified atom stereocenters. The van der Waals surface area contributed by atoms with Gasteiger partial charge in [0, 0.05) is 22.8 Å². The van der Waals surface area contributed by atoms with Crippen LogP contribution >= 0.6 is 23.5 Å². The highest BCUT2D eigenvalue weighted by atomic mass is 32.2. The molecule has 144 valence electrons. The Labute approximate surface area is 168 Å². The summed E-state index contributed by atoms with van der Waals surface area (Å²) in [4.78, 5) is 12.9. The molecule has 1 fully saturated rings. The standard InChI is InChI=1S/C19H22N2O3S3/c1-12-9-15(11-17(13(12)2)27(23,24)20-3)18(22)21-16-6-4-5-14(10-16)19-25-7-8-26-19/h4-6,9-11,19-20H,7-8H2,1-3H3,(H,21,22). The first-order chi connectivity index (χ1) is 12.8. The molecule has 1 aliphatic heterocycles. The molecule has 0 bridgehead atoms. The Morgan fingerprint density at radius 2 is 1.81 bits per heavy atom. The highest BCUT2D eigenvalue weighted by Gasteiger charge is 2.21. The van der Waals surface area contributed by atoms with Crippen molar-refractivity contribution in [2.24, 2.45) is 0 Å². The molecule has 1 saturated heterocycles. The van der Waals surface area contributed by atoms with Crippen LogP contribution in [0.3, 0.4) is 0 Å². The number of aryl methyl sites for hydroxylation is 1. The highest BCUT2D eigenvalue weighted by molar-refractivity contribution is 8.19. The molecule has 2 aromatic rings. The maximum Gasteiger partial charge on any atom is 0.255 e. The number of carbonyl (C=O) groups excluding carboxylic acids is 1. The van der Waals surface area contributed by atoms with Crippen LogP contribution in [0, 0.1) is 13.8 Å². The van der Waals surface area contributed by atoms with Crippen LogP contribution in [-0.2, 0) is 10.0 Å². The summed E-state index contributed by atoms with van der Waals surface area (Å²) < 4.78 is 27.2. The Hall–Kier alpha value is -1.48. The second-order valence-electron chi connectivity index (χ2n) is 6.28. The minimum Gasteiger partial charge on any atom is -0.322 e. The van der Waals surface area contributed by atoms with Crippen LogP contribution in [0.1, 0.15) is 31.6 Å². The largest absolute Gasteiger partial charge is 0.322 e. The van der Waals surface area contributed by atoms with Gasteiger partial charge in [0.15, 0.2) is 0 Å². The molecule has 0 radical (unpaired) electrons. The molecule has 5 nitrogen and oxygen atoms in total. The minimum absolute atomic E-state index is 0.127. The summed E-state index contributed by atoms with van der Waals surface area (Å²) in [6.45, 7) is 3.54. The topological polar surface area (TPSA) is 75.3 Å². The number of carbonyl (C=O) groups is 1. The third-order valence-electron chi connectivity index (χ3n) is 4.48. The van der Waals surface area contributed by atoms with E-state index in [1.165, 1.54) is 18.7 Å². The maximum absolute atomic E-state index is 12.7. The smallest absolute Gasteiger partial charge is 0.255 e. The highest BCUT2D eigenvalue weighted by Crippen LogP contribution is 2.45. The fraction of sp³-hybridized carbons (Fsp3) is 0.316. The van der Waals surface area contributed by atoms with Gasteiger partial charge in [-0.05, 0) is 61.9 Å². The summed E-state index contributed by atoms with van der Waals surface area (Å²) in [5.74, 6) is 1.95. The predicted octanol–water partition coefficient (Wildman–Crippen LogP) is 3.94. The Morgan fingerprint density at radius 1 is 1.11 bits per heavy atom. The zero-order valence-electron chi connectivity index (χ0n) is 15.4. The molecule has 27 heavy (non-hydrogen) atoms. The predicted molar refractivity (Wildman–Crippen MR) is 114 cm³/mol. The van der Waals surface area contributed by atoms with Crippen LogP contribution in [0.15, 0.2) is 41.3 Å². The molecule has 0 aliphatic carbocycles. The normalized spacial score (nSPS) is 15.1. The lowest BCUT2D eigenvalue weighted by atomic mass is 10.1. The summed E-state index contributed by atoms with van der Waals surface area (Å²) in [5.41, 5.74) is 3.60. The van der Waals surface area contributed by atoms with Crippen molar-refractivity contribution in [1.82, 2.24) is 4.72 Å². The number of nitrogens with one attached hydrogen (secondary N) is 2. The van der Waals surface area contributed by atoms with Crippen molar-refractivity contribution in [2.45, 2.75) is 23.3 Å². The lowest BCUT2D eigenvalue weighted by Crippen LogP contribution is -2.21. The number of hydrogen-bond acceptors (Lipinski definition) is 5. The lowest BCUT2D eigenvalue weighted by Gasteiger charge is -2.14. The molecule has 0 spiro atoms. The van der Waals surface area contributed by atoms with Crippen LogP contribution in [0.5, 0.6) is 0 Å². The van der Waals surface area contributed by atoms with Gasteiger partial charge >= 0.3 is 0 Å².